The summed E-state index contributed by atoms with van der Waals surface area (Å²) < 4.78 is 5.41. The van der Waals surface area contributed by atoms with E-state index >= 15 is 0 Å². The molecule has 0 fully saturated rings. The lowest BCUT2D eigenvalue weighted by Crippen LogP contribution is -2.21. The van der Waals surface area contributed by atoms with Gasteiger partial charge in [-0.2, -0.15) is 15.0 Å². The molecule has 0 aliphatic carbocycles. The lowest BCUT2D eigenvalue weighted by molar-refractivity contribution is 0.0854. The fourth-order valence-electron chi connectivity index (χ4n) is 1.32. The lowest BCUT2D eigenvalue weighted by Gasteiger charge is -2.13. The summed E-state index contributed by atoms with van der Waals surface area (Å²) in [6.45, 7) is 8.12. The van der Waals surface area contributed by atoms with E-state index in [1.165, 1.54) is 0 Å². The molecule has 0 amide bonds. The molecule has 0 saturated heterocycles. The zero-order valence-electron chi connectivity index (χ0n) is 11.0. The Balaban J connectivity index is 2.56. The van der Waals surface area contributed by atoms with E-state index in [2.05, 4.69) is 32.5 Å². The van der Waals surface area contributed by atoms with E-state index in [-0.39, 0.29) is 11.4 Å². The Morgan fingerprint density at radius 1 is 1.17 bits per heavy atom. The van der Waals surface area contributed by atoms with E-state index in [4.69, 9.17) is 16.3 Å². The number of hydrogen-bond acceptors (Lipinski definition) is 6. The van der Waals surface area contributed by atoms with Gasteiger partial charge in [-0.1, -0.05) is 6.92 Å². The van der Waals surface area contributed by atoms with Crippen LogP contribution in [0.25, 0.3) is 0 Å². The van der Waals surface area contributed by atoms with Gasteiger partial charge in [0, 0.05) is 19.7 Å². The largest absolute Gasteiger partial charge is 0.377 e. The number of ether oxygens (including phenoxy) is 1. The molecule has 0 aromatic carbocycles. The van der Waals surface area contributed by atoms with Gasteiger partial charge >= 0.3 is 0 Å². The average molecular weight is 274 g/mol. The molecule has 1 aromatic rings. The maximum atomic E-state index is 5.83. The number of nitrogens with one attached hydrogen (secondary N) is 2. The van der Waals surface area contributed by atoms with E-state index in [1.54, 1.807) is 0 Å². The molecule has 1 rings (SSSR count). The van der Waals surface area contributed by atoms with Crippen molar-refractivity contribution in [3.8, 4) is 0 Å². The molecular formula is C11H20ClN5O. The highest BCUT2D eigenvalue weighted by atomic mass is 35.5. The minimum Gasteiger partial charge on any atom is -0.377 e. The molecular weight excluding hydrogens is 254 g/mol. The quantitative estimate of drug-likeness (QED) is 0.756. The van der Waals surface area contributed by atoms with Gasteiger partial charge < -0.3 is 15.4 Å². The number of anilines is 2. The Morgan fingerprint density at radius 3 is 2.44 bits per heavy atom. The van der Waals surface area contributed by atoms with Crippen molar-refractivity contribution >= 4 is 23.5 Å². The molecule has 0 aliphatic rings. The molecule has 0 bridgehead atoms. The van der Waals surface area contributed by atoms with Crippen molar-refractivity contribution in [1.29, 1.82) is 0 Å². The smallest absolute Gasteiger partial charge is 0.228 e. The van der Waals surface area contributed by atoms with Crippen LogP contribution < -0.4 is 10.6 Å². The first-order valence-corrected chi connectivity index (χ1v) is 6.54. The van der Waals surface area contributed by atoms with Crippen molar-refractivity contribution in [1.82, 2.24) is 15.0 Å². The second kappa shape index (κ2) is 8.05. The molecule has 102 valence electrons. The second-order valence-electron chi connectivity index (χ2n) is 3.83. The van der Waals surface area contributed by atoms with Gasteiger partial charge in [-0.25, -0.2) is 0 Å². The third kappa shape index (κ3) is 5.46. The minimum atomic E-state index is 0.0950. The monoisotopic (exact) mass is 273 g/mol. The number of nitrogens with zero attached hydrogens (tertiary/aromatic N) is 3. The van der Waals surface area contributed by atoms with Crippen molar-refractivity contribution in [2.75, 3.05) is 30.3 Å². The molecule has 2 N–H and O–H groups in total. The van der Waals surface area contributed by atoms with Gasteiger partial charge in [-0.3, -0.25) is 0 Å². The van der Waals surface area contributed by atoms with Gasteiger partial charge in [-0.15, -0.1) is 0 Å². The molecule has 0 radical (unpaired) electrons. The number of halogens is 1. The summed E-state index contributed by atoms with van der Waals surface area (Å²) in [4.78, 5) is 12.2. The van der Waals surface area contributed by atoms with Crippen LogP contribution in [0.4, 0.5) is 11.9 Å². The molecule has 1 atom stereocenters. The molecule has 0 spiro atoms. The Labute approximate surface area is 113 Å². The van der Waals surface area contributed by atoms with Crippen LogP contribution in [0, 0.1) is 0 Å². The topological polar surface area (TPSA) is 72.0 Å². The SMILES string of the molecule is CCCNc1nc(Cl)nc(NCC(C)OCC)n1. The lowest BCUT2D eigenvalue weighted by atomic mass is 10.4. The molecule has 0 saturated carbocycles. The van der Waals surface area contributed by atoms with Gasteiger partial charge in [0.05, 0.1) is 6.10 Å². The first-order valence-electron chi connectivity index (χ1n) is 6.16. The van der Waals surface area contributed by atoms with Gasteiger partial charge in [0.1, 0.15) is 0 Å². The van der Waals surface area contributed by atoms with Crippen LogP contribution >= 0.6 is 11.6 Å². The molecule has 0 aliphatic heterocycles. The zero-order valence-corrected chi connectivity index (χ0v) is 11.8. The third-order valence-corrected chi connectivity index (χ3v) is 2.31. The normalized spacial score (nSPS) is 12.2. The molecule has 1 aromatic heterocycles. The summed E-state index contributed by atoms with van der Waals surface area (Å²) in [7, 11) is 0. The summed E-state index contributed by atoms with van der Waals surface area (Å²) in [5.74, 6) is 0.948. The van der Waals surface area contributed by atoms with Crippen molar-refractivity contribution in [2.24, 2.45) is 0 Å². The Kier molecular flexibility index (Phi) is 6.67. The average Bonchev–Trinajstić information content (AvgIpc) is 2.34. The third-order valence-electron chi connectivity index (χ3n) is 2.14. The Bertz CT molecular complexity index is 363. The highest BCUT2D eigenvalue weighted by molar-refractivity contribution is 6.28. The predicted molar refractivity (Wildman–Crippen MR) is 73.2 cm³/mol. The fourth-order valence-corrected chi connectivity index (χ4v) is 1.48. The van der Waals surface area contributed by atoms with Gasteiger partial charge in [0.25, 0.3) is 0 Å². The minimum absolute atomic E-state index is 0.0950. The van der Waals surface area contributed by atoms with Crippen LogP contribution in [0.5, 0.6) is 0 Å². The van der Waals surface area contributed by atoms with Crippen molar-refractivity contribution in [3.63, 3.8) is 0 Å². The summed E-state index contributed by atoms with van der Waals surface area (Å²) >= 11 is 5.83. The summed E-state index contributed by atoms with van der Waals surface area (Å²) in [6, 6.07) is 0. The number of rotatable bonds is 8. The van der Waals surface area contributed by atoms with Gasteiger partial charge in [-0.05, 0) is 31.9 Å². The molecule has 6 nitrogen and oxygen atoms in total. The summed E-state index contributed by atoms with van der Waals surface area (Å²) in [5, 5.41) is 6.32. The first-order chi connectivity index (χ1) is 8.65. The van der Waals surface area contributed by atoms with Crippen molar-refractivity contribution in [3.05, 3.63) is 5.28 Å². The maximum absolute atomic E-state index is 5.83. The van der Waals surface area contributed by atoms with E-state index in [0.29, 0.717) is 25.0 Å². The van der Waals surface area contributed by atoms with Crippen LogP contribution in [0.2, 0.25) is 5.28 Å². The van der Waals surface area contributed by atoms with E-state index in [0.717, 1.165) is 13.0 Å². The zero-order chi connectivity index (χ0) is 13.4. The molecule has 1 unspecified atom stereocenters. The first kappa shape index (κ1) is 14.9. The maximum Gasteiger partial charge on any atom is 0.228 e. The van der Waals surface area contributed by atoms with E-state index in [9.17, 15) is 0 Å². The molecule has 7 heteroatoms. The standard InChI is InChI=1S/C11H20ClN5O/c1-4-6-13-10-15-9(12)16-11(17-10)14-7-8(3)18-5-2/h8H,4-7H2,1-3H3,(H2,13,14,15,16,17). The number of aromatic nitrogens is 3. The van der Waals surface area contributed by atoms with Crippen molar-refractivity contribution in [2.45, 2.75) is 33.3 Å². The predicted octanol–water partition coefficient (Wildman–Crippen LogP) is 2.18. The Hall–Kier alpha value is -1.14. The highest BCUT2D eigenvalue weighted by Gasteiger charge is 2.06. The highest BCUT2D eigenvalue weighted by Crippen LogP contribution is 2.09. The van der Waals surface area contributed by atoms with E-state index in [1.807, 2.05) is 13.8 Å². The summed E-state index contributed by atoms with van der Waals surface area (Å²) in [5.41, 5.74) is 0. The summed E-state index contributed by atoms with van der Waals surface area (Å²) in [6.07, 6.45) is 1.09. The number of hydrogen-bond donors (Lipinski definition) is 2. The molecule has 1 heterocycles. The van der Waals surface area contributed by atoms with Crippen LogP contribution in [-0.4, -0.2) is 40.8 Å². The van der Waals surface area contributed by atoms with Crippen LogP contribution in [0.1, 0.15) is 27.2 Å². The van der Waals surface area contributed by atoms with Crippen LogP contribution in [0.15, 0.2) is 0 Å². The molecule has 18 heavy (non-hydrogen) atoms. The van der Waals surface area contributed by atoms with Gasteiger partial charge in [0.2, 0.25) is 17.2 Å². The Morgan fingerprint density at radius 2 is 1.83 bits per heavy atom. The van der Waals surface area contributed by atoms with Gasteiger partial charge in [0.15, 0.2) is 0 Å². The van der Waals surface area contributed by atoms with Crippen LogP contribution in [0.3, 0.4) is 0 Å². The van der Waals surface area contributed by atoms with Crippen LogP contribution in [-0.2, 0) is 4.74 Å². The van der Waals surface area contributed by atoms with Crippen molar-refractivity contribution < 1.29 is 4.74 Å². The fraction of sp³-hybridized carbons (Fsp3) is 0.727. The van der Waals surface area contributed by atoms with E-state index < -0.39 is 0 Å². The second-order valence-corrected chi connectivity index (χ2v) is 4.16.